The lowest BCUT2D eigenvalue weighted by molar-refractivity contribution is 0.172. The number of ether oxygens (including phenoxy) is 1. The smallest absolute Gasteiger partial charge is 0.261 e. The van der Waals surface area contributed by atoms with Crippen LogP contribution in [0.25, 0.3) is 10.9 Å². The van der Waals surface area contributed by atoms with Gasteiger partial charge in [0.05, 0.1) is 37.0 Å². The number of aliphatic hydroxyl groups excluding tert-OH is 1. The van der Waals surface area contributed by atoms with Crippen LogP contribution < -0.4 is 10.3 Å². The molecule has 0 aliphatic rings. The lowest BCUT2D eigenvalue weighted by Gasteiger charge is -2.08. The number of benzene rings is 1. The summed E-state index contributed by atoms with van der Waals surface area (Å²) in [5.41, 5.74) is 0.451. The molecule has 1 atom stereocenters. The fraction of sp³-hybridized carbons (Fsp3) is 0.333. The molecule has 17 heavy (non-hydrogen) atoms. The first-order chi connectivity index (χ1) is 8.11. The third-order valence-corrected chi connectivity index (χ3v) is 2.49. The van der Waals surface area contributed by atoms with Crippen LogP contribution >= 0.6 is 0 Å². The fourth-order valence-electron chi connectivity index (χ4n) is 1.68. The molecule has 0 saturated carbocycles. The second-order valence-corrected chi connectivity index (χ2v) is 3.93. The molecule has 1 unspecified atom stereocenters. The summed E-state index contributed by atoms with van der Waals surface area (Å²) in [6.45, 7) is 1.86. The van der Waals surface area contributed by atoms with Gasteiger partial charge in [-0.3, -0.25) is 9.36 Å². The van der Waals surface area contributed by atoms with Gasteiger partial charge < -0.3 is 9.84 Å². The topological polar surface area (TPSA) is 64.3 Å². The molecule has 5 heteroatoms. The van der Waals surface area contributed by atoms with E-state index < -0.39 is 6.10 Å². The molecule has 5 nitrogen and oxygen atoms in total. The van der Waals surface area contributed by atoms with Gasteiger partial charge in [-0.05, 0) is 25.1 Å². The van der Waals surface area contributed by atoms with Crippen molar-refractivity contribution >= 4 is 10.9 Å². The summed E-state index contributed by atoms with van der Waals surface area (Å²) in [5, 5.41) is 9.78. The van der Waals surface area contributed by atoms with Gasteiger partial charge >= 0.3 is 0 Å². The lowest BCUT2D eigenvalue weighted by Crippen LogP contribution is -2.25. The van der Waals surface area contributed by atoms with Crippen molar-refractivity contribution in [3.05, 3.63) is 34.9 Å². The molecular formula is C12H14N2O3. The molecule has 90 valence electrons. The minimum Gasteiger partial charge on any atom is -0.497 e. The Kier molecular flexibility index (Phi) is 3.10. The molecule has 2 rings (SSSR count). The minimum atomic E-state index is -0.586. The zero-order chi connectivity index (χ0) is 12.4. The Labute approximate surface area is 98.3 Å². The van der Waals surface area contributed by atoms with E-state index in [4.69, 9.17) is 4.74 Å². The number of nitrogens with zero attached hydrogens (tertiary/aromatic N) is 2. The van der Waals surface area contributed by atoms with Crippen molar-refractivity contribution in [1.82, 2.24) is 9.55 Å². The Morgan fingerprint density at radius 3 is 2.94 bits per heavy atom. The number of rotatable bonds is 3. The number of fused-ring (bicyclic) bond motifs is 1. The predicted molar refractivity (Wildman–Crippen MR) is 64.2 cm³/mol. The molecule has 0 fully saturated rings. The molecule has 0 amide bonds. The van der Waals surface area contributed by atoms with Crippen LogP contribution in [-0.4, -0.2) is 27.9 Å². The maximum Gasteiger partial charge on any atom is 0.261 e. The summed E-state index contributed by atoms with van der Waals surface area (Å²) in [5.74, 6) is 0.617. The van der Waals surface area contributed by atoms with Crippen LogP contribution in [0.4, 0.5) is 0 Å². The molecule has 0 aliphatic heterocycles. The average molecular weight is 234 g/mol. The molecule has 2 aromatic rings. The summed E-state index contributed by atoms with van der Waals surface area (Å²) >= 11 is 0. The van der Waals surface area contributed by atoms with Crippen LogP contribution in [0.1, 0.15) is 6.92 Å². The molecule has 1 N–H and O–H groups in total. The summed E-state index contributed by atoms with van der Waals surface area (Å²) in [6, 6.07) is 5.15. The van der Waals surface area contributed by atoms with Crippen molar-refractivity contribution in [3.8, 4) is 5.75 Å². The van der Waals surface area contributed by atoms with Crippen molar-refractivity contribution in [2.45, 2.75) is 19.6 Å². The van der Waals surface area contributed by atoms with Gasteiger partial charge in [0.25, 0.3) is 5.56 Å². The second kappa shape index (κ2) is 4.55. The van der Waals surface area contributed by atoms with Gasteiger partial charge in [-0.25, -0.2) is 4.98 Å². The first-order valence-electron chi connectivity index (χ1n) is 5.33. The molecule has 0 spiro atoms. The van der Waals surface area contributed by atoms with Crippen LogP contribution in [0.3, 0.4) is 0 Å². The first-order valence-corrected chi connectivity index (χ1v) is 5.33. The van der Waals surface area contributed by atoms with Gasteiger partial charge in [-0.2, -0.15) is 0 Å². The molecule has 0 radical (unpaired) electrons. The van der Waals surface area contributed by atoms with Crippen molar-refractivity contribution in [1.29, 1.82) is 0 Å². The van der Waals surface area contributed by atoms with Crippen molar-refractivity contribution < 1.29 is 9.84 Å². The van der Waals surface area contributed by atoms with E-state index >= 15 is 0 Å². The summed E-state index contributed by atoms with van der Waals surface area (Å²) in [7, 11) is 1.55. The van der Waals surface area contributed by atoms with Crippen molar-refractivity contribution in [2.24, 2.45) is 0 Å². The Bertz CT molecular complexity index is 590. The van der Waals surface area contributed by atoms with Crippen LogP contribution in [0.2, 0.25) is 0 Å². The minimum absolute atomic E-state index is 0.171. The third kappa shape index (κ3) is 2.29. The Morgan fingerprint density at radius 2 is 2.29 bits per heavy atom. The molecule has 1 heterocycles. The van der Waals surface area contributed by atoms with E-state index in [1.54, 1.807) is 32.2 Å². The molecule has 1 aromatic heterocycles. The largest absolute Gasteiger partial charge is 0.497 e. The SMILES string of the molecule is COc1ccc2ncn(CC(C)O)c(=O)c2c1. The molecular weight excluding hydrogens is 220 g/mol. The Balaban J connectivity index is 2.60. The van der Waals surface area contributed by atoms with Crippen LogP contribution in [0.5, 0.6) is 5.75 Å². The molecule has 0 bridgehead atoms. The monoisotopic (exact) mass is 234 g/mol. The van der Waals surface area contributed by atoms with E-state index in [9.17, 15) is 9.90 Å². The quantitative estimate of drug-likeness (QED) is 0.852. The van der Waals surface area contributed by atoms with E-state index in [1.165, 1.54) is 10.9 Å². The van der Waals surface area contributed by atoms with Crippen LogP contribution in [-0.2, 0) is 6.54 Å². The maximum atomic E-state index is 12.1. The molecule has 1 aromatic carbocycles. The summed E-state index contributed by atoms with van der Waals surface area (Å²) in [6.07, 6.45) is 0.863. The number of methoxy groups -OCH3 is 1. The number of hydrogen-bond donors (Lipinski definition) is 1. The zero-order valence-electron chi connectivity index (χ0n) is 9.75. The van der Waals surface area contributed by atoms with E-state index in [1.807, 2.05) is 0 Å². The highest BCUT2D eigenvalue weighted by Gasteiger charge is 2.07. The van der Waals surface area contributed by atoms with Gasteiger partial charge in [-0.1, -0.05) is 0 Å². The number of aromatic nitrogens is 2. The van der Waals surface area contributed by atoms with Crippen molar-refractivity contribution in [2.75, 3.05) is 7.11 Å². The predicted octanol–water partition coefficient (Wildman–Crippen LogP) is 0.786. The van der Waals surface area contributed by atoms with E-state index in [2.05, 4.69) is 4.98 Å². The second-order valence-electron chi connectivity index (χ2n) is 3.93. The van der Waals surface area contributed by atoms with Gasteiger partial charge in [0, 0.05) is 0 Å². The number of aliphatic hydroxyl groups is 1. The third-order valence-electron chi connectivity index (χ3n) is 2.49. The number of hydrogen-bond acceptors (Lipinski definition) is 4. The van der Waals surface area contributed by atoms with Crippen LogP contribution in [0.15, 0.2) is 29.3 Å². The van der Waals surface area contributed by atoms with Crippen LogP contribution in [0, 0.1) is 0 Å². The first kappa shape index (κ1) is 11.6. The van der Waals surface area contributed by atoms with E-state index in [0.29, 0.717) is 16.7 Å². The van der Waals surface area contributed by atoms with Crippen molar-refractivity contribution in [3.63, 3.8) is 0 Å². The summed E-state index contributed by atoms with van der Waals surface area (Å²) < 4.78 is 6.47. The normalized spacial score (nSPS) is 12.6. The zero-order valence-corrected chi connectivity index (χ0v) is 9.75. The highest BCUT2D eigenvalue weighted by Crippen LogP contribution is 2.15. The maximum absolute atomic E-state index is 12.1. The Morgan fingerprint density at radius 1 is 1.53 bits per heavy atom. The van der Waals surface area contributed by atoms with E-state index in [0.717, 1.165) is 0 Å². The average Bonchev–Trinajstić information content (AvgIpc) is 2.32. The van der Waals surface area contributed by atoms with Gasteiger partial charge in [0.15, 0.2) is 0 Å². The van der Waals surface area contributed by atoms with Gasteiger partial charge in [0.1, 0.15) is 5.75 Å². The van der Waals surface area contributed by atoms with E-state index in [-0.39, 0.29) is 12.1 Å². The highest BCUT2D eigenvalue weighted by atomic mass is 16.5. The molecule has 0 saturated heterocycles. The molecule has 0 aliphatic carbocycles. The highest BCUT2D eigenvalue weighted by molar-refractivity contribution is 5.78. The standard InChI is InChI=1S/C12H14N2O3/c1-8(15)6-14-7-13-11-4-3-9(17-2)5-10(11)12(14)16/h3-5,7-8,15H,6H2,1-2H3. The fourth-order valence-corrected chi connectivity index (χ4v) is 1.68. The lowest BCUT2D eigenvalue weighted by atomic mass is 10.2. The summed E-state index contributed by atoms with van der Waals surface area (Å²) in [4.78, 5) is 16.3. The van der Waals surface area contributed by atoms with Gasteiger partial charge in [-0.15, -0.1) is 0 Å². The Hall–Kier alpha value is -1.88. The van der Waals surface area contributed by atoms with Gasteiger partial charge in [0.2, 0.25) is 0 Å².